The minimum Gasteiger partial charge on any atom is -0.452 e. The van der Waals surface area contributed by atoms with Crippen LogP contribution < -0.4 is 11.1 Å². The lowest BCUT2D eigenvalue weighted by atomic mass is 9.96. The third-order valence-electron chi connectivity index (χ3n) is 3.37. The number of likely N-dealkylation sites (tertiary alicyclic amines) is 1. The molecule has 0 aromatic carbocycles. The quantitative estimate of drug-likeness (QED) is 0.863. The molecule has 1 saturated heterocycles. The Morgan fingerprint density at radius 2 is 2.35 bits per heavy atom. The summed E-state index contributed by atoms with van der Waals surface area (Å²) < 4.78 is 4.93. The summed E-state index contributed by atoms with van der Waals surface area (Å²) in [7, 11) is 0. The Morgan fingerprint density at radius 1 is 1.55 bits per heavy atom. The highest BCUT2D eigenvalue weighted by atomic mass is 35.5. The summed E-state index contributed by atoms with van der Waals surface area (Å²) in [5.74, 6) is -0.434. The van der Waals surface area contributed by atoms with Crippen LogP contribution in [-0.4, -0.2) is 42.9 Å². The molecule has 1 fully saturated rings. The van der Waals surface area contributed by atoms with E-state index < -0.39 is 0 Å². The SMILES string of the molecule is NCCNC(=O)C1CCCN(C(=O)c2ccoc2Cl)C1. The molecule has 7 heteroatoms. The molecule has 2 heterocycles. The van der Waals surface area contributed by atoms with Crippen LogP contribution in [0.3, 0.4) is 0 Å². The number of nitrogens with two attached hydrogens (primary N) is 1. The number of amides is 2. The number of nitrogens with one attached hydrogen (secondary N) is 1. The summed E-state index contributed by atoms with van der Waals surface area (Å²) in [5.41, 5.74) is 5.70. The number of halogens is 1. The summed E-state index contributed by atoms with van der Waals surface area (Å²) >= 11 is 5.81. The molecule has 1 aromatic rings. The van der Waals surface area contributed by atoms with Crippen LogP contribution >= 0.6 is 11.6 Å². The Kier molecular flexibility index (Phi) is 5.03. The van der Waals surface area contributed by atoms with Gasteiger partial charge in [0.15, 0.2) is 0 Å². The van der Waals surface area contributed by atoms with Crippen molar-refractivity contribution in [3.05, 3.63) is 23.1 Å². The van der Waals surface area contributed by atoms with Gasteiger partial charge < -0.3 is 20.4 Å². The summed E-state index contributed by atoms with van der Waals surface area (Å²) in [6.07, 6.45) is 2.95. The average molecular weight is 300 g/mol. The second kappa shape index (κ2) is 6.76. The maximum atomic E-state index is 12.3. The molecule has 110 valence electrons. The van der Waals surface area contributed by atoms with E-state index in [4.69, 9.17) is 21.8 Å². The Balaban J connectivity index is 1.98. The third kappa shape index (κ3) is 3.32. The molecule has 1 aliphatic heterocycles. The number of rotatable bonds is 4. The largest absolute Gasteiger partial charge is 0.452 e. The summed E-state index contributed by atoms with van der Waals surface area (Å²) in [4.78, 5) is 25.9. The van der Waals surface area contributed by atoms with Gasteiger partial charge in [0.05, 0.1) is 17.7 Å². The van der Waals surface area contributed by atoms with Crippen LogP contribution in [0.2, 0.25) is 5.22 Å². The Labute approximate surface area is 122 Å². The van der Waals surface area contributed by atoms with Gasteiger partial charge in [0.1, 0.15) is 0 Å². The Morgan fingerprint density at radius 3 is 3.00 bits per heavy atom. The van der Waals surface area contributed by atoms with Crippen molar-refractivity contribution in [1.29, 1.82) is 0 Å². The molecule has 0 saturated carbocycles. The molecule has 0 radical (unpaired) electrons. The molecule has 2 rings (SSSR count). The highest BCUT2D eigenvalue weighted by Crippen LogP contribution is 2.23. The Hall–Kier alpha value is -1.53. The molecule has 20 heavy (non-hydrogen) atoms. The maximum absolute atomic E-state index is 12.3. The van der Waals surface area contributed by atoms with Crippen molar-refractivity contribution in [3.8, 4) is 0 Å². The zero-order valence-corrected chi connectivity index (χ0v) is 11.9. The van der Waals surface area contributed by atoms with E-state index in [0.29, 0.717) is 31.7 Å². The van der Waals surface area contributed by atoms with E-state index >= 15 is 0 Å². The normalized spacial score (nSPS) is 18.9. The first-order chi connectivity index (χ1) is 9.63. The van der Waals surface area contributed by atoms with E-state index in [1.165, 1.54) is 6.26 Å². The minimum atomic E-state index is -0.194. The second-order valence-corrected chi connectivity index (χ2v) is 5.12. The standard InChI is InChI=1S/C13H18ClN3O3/c14-11-10(3-7-20-11)13(19)17-6-1-2-9(8-17)12(18)16-5-4-15/h3,7,9H,1-2,4-6,8,15H2,(H,16,18). The molecule has 1 unspecified atom stereocenters. The van der Waals surface area contributed by atoms with Crippen LogP contribution in [0, 0.1) is 5.92 Å². The van der Waals surface area contributed by atoms with Crippen molar-refractivity contribution in [2.45, 2.75) is 12.8 Å². The van der Waals surface area contributed by atoms with Crippen LogP contribution in [0.4, 0.5) is 0 Å². The van der Waals surface area contributed by atoms with Crippen LogP contribution in [0.15, 0.2) is 16.7 Å². The highest BCUT2D eigenvalue weighted by Gasteiger charge is 2.30. The van der Waals surface area contributed by atoms with Crippen LogP contribution in [-0.2, 0) is 4.79 Å². The third-order valence-corrected chi connectivity index (χ3v) is 3.66. The molecular weight excluding hydrogens is 282 g/mol. The van der Waals surface area contributed by atoms with Gasteiger partial charge in [0, 0.05) is 26.2 Å². The summed E-state index contributed by atoms with van der Waals surface area (Å²) in [6, 6.07) is 1.54. The Bertz CT molecular complexity index is 489. The van der Waals surface area contributed by atoms with Gasteiger partial charge >= 0.3 is 0 Å². The van der Waals surface area contributed by atoms with Gasteiger partial charge in [-0.2, -0.15) is 0 Å². The molecule has 6 nitrogen and oxygen atoms in total. The minimum absolute atomic E-state index is 0.0498. The molecule has 0 bridgehead atoms. The topological polar surface area (TPSA) is 88.6 Å². The van der Waals surface area contributed by atoms with E-state index in [9.17, 15) is 9.59 Å². The lowest BCUT2D eigenvalue weighted by Gasteiger charge is -2.31. The monoisotopic (exact) mass is 299 g/mol. The van der Waals surface area contributed by atoms with Crippen molar-refractivity contribution < 1.29 is 14.0 Å². The summed E-state index contributed by atoms with van der Waals surface area (Å²) in [5, 5.41) is 2.85. The van der Waals surface area contributed by atoms with E-state index in [1.54, 1.807) is 11.0 Å². The lowest BCUT2D eigenvalue weighted by molar-refractivity contribution is -0.126. The van der Waals surface area contributed by atoms with E-state index in [2.05, 4.69) is 5.32 Å². The summed E-state index contributed by atoms with van der Waals surface area (Å²) in [6.45, 7) is 1.89. The molecule has 1 atom stereocenters. The van der Waals surface area contributed by atoms with E-state index in [-0.39, 0.29) is 23.0 Å². The smallest absolute Gasteiger partial charge is 0.258 e. The second-order valence-electron chi connectivity index (χ2n) is 4.78. The van der Waals surface area contributed by atoms with Gasteiger partial charge in [-0.3, -0.25) is 9.59 Å². The van der Waals surface area contributed by atoms with Crippen LogP contribution in [0.1, 0.15) is 23.2 Å². The van der Waals surface area contributed by atoms with E-state index in [0.717, 1.165) is 12.8 Å². The highest BCUT2D eigenvalue weighted by molar-refractivity contribution is 6.32. The first-order valence-corrected chi connectivity index (χ1v) is 7.01. The number of furan rings is 1. The van der Waals surface area contributed by atoms with Gasteiger partial charge in [-0.05, 0) is 30.5 Å². The molecule has 0 aliphatic carbocycles. The van der Waals surface area contributed by atoms with Gasteiger partial charge in [0.2, 0.25) is 11.1 Å². The fourth-order valence-electron chi connectivity index (χ4n) is 2.33. The van der Waals surface area contributed by atoms with Crippen molar-refractivity contribution in [3.63, 3.8) is 0 Å². The predicted octanol–water partition coefficient (Wildman–Crippen LogP) is 0.860. The molecule has 0 spiro atoms. The number of carbonyl (C=O) groups is 2. The lowest BCUT2D eigenvalue weighted by Crippen LogP contribution is -2.46. The maximum Gasteiger partial charge on any atom is 0.258 e. The number of hydrogen-bond donors (Lipinski definition) is 2. The number of nitrogens with zero attached hydrogens (tertiary/aromatic N) is 1. The van der Waals surface area contributed by atoms with Gasteiger partial charge in [0.25, 0.3) is 5.91 Å². The van der Waals surface area contributed by atoms with Crippen LogP contribution in [0.5, 0.6) is 0 Å². The van der Waals surface area contributed by atoms with Crippen molar-refractivity contribution in [2.24, 2.45) is 11.7 Å². The first-order valence-electron chi connectivity index (χ1n) is 6.63. The molecule has 2 amide bonds. The number of hydrogen-bond acceptors (Lipinski definition) is 4. The van der Waals surface area contributed by atoms with Gasteiger partial charge in [-0.15, -0.1) is 0 Å². The van der Waals surface area contributed by atoms with E-state index in [1.807, 2.05) is 0 Å². The molecule has 3 N–H and O–H groups in total. The van der Waals surface area contributed by atoms with Gasteiger partial charge in [-0.25, -0.2) is 0 Å². The van der Waals surface area contributed by atoms with Crippen LogP contribution in [0.25, 0.3) is 0 Å². The molecule has 1 aromatic heterocycles. The number of carbonyl (C=O) groups excluding carboxylic acids is 2. The van der Waals surface area contributed by atoms with Crippen molar-refractivity contribution in [2.75, 3.05) is 26.2 Å². The average Bonchev–Trinajstić information content (AvgIpc) is 2.90. The van der Waals surface area contributed by atoms with Crippen molar-refractivity contribution in [1.82, 2.24) is 10.2 Å². The zero-order chi connectivity index (χ0) is 14.5. The number of piperidine rings is 1. The van der Waals surface area contributed by atoms with Crippen molar-refractivity contribution >= 4 is 23.4 Å². The predicted molar refractivity (Wildman–Crippen MR) is 74.4 cm³/mol. The zero-order valence-electron chi connectivity index (χ0n) is 11.1. The molecule has 1 aliphatic rings. The first kappa shape index (κ1) is 14.9. The molecular formula is C13H18ClN3O3. The fraction of sp³-hybridized carbons (Fsp3) is 0.538. The fourth-order valence-corrected chi connectivity index (χ4v) is 2.53. The van der Waals surface area contributed by atoms with Gasteiger partial charge in [-0.1, -0.05) is 0 Å².